The molecule has 0 amide bonds. The van der Waals surface area contributed by atoms with E-state index in [1.807, 2.05) is 6.26 Å². The number of rotatable bonds is 3. The lowest BCUT2D eigenvalue weighted by atomic mass is 9.95. The fourth-order valence-corrected chi connectivity index (χ4v) is 3.35. The third-order valence-corrected chi connectivity index (χ3v) is 4.60. The van der Waals surface area contributed by atoms with Gasteiger partial charge in [0.05, 0.1) is 5.56 Å². The van der Waals surface area contributed by atoms with Crippen LogP contribution in [-0.4, -0.2) is 22.5 Å². The van der Waals surface area contributed by atoms with Crippen molar-refractivity contribution in [3.63, 3.8) is 0 Å². The van der Waals surface area contributed by atoms with E-state index >= 15 is 0 Å². The highest BCUT2D eigenvalue weighted by molar-refractivity contribution is 7.99. The normalized spacial score (nSPS) is 24.2. The predicted octanol–water partition coefficient (Wildman–Crippen LogP) is 4.19. The lowest BCUT2D eigenvalue weighted by molar-refractivity contribution is -0.137. The Kier molecular flexibility index (Phi) is 4.60. The molecule has 2 rings (SSSR count). The minimum atomic E-state index is -4.31. The van der Waals surface area contributed by atoms with E-state index in [1.54, 1.807) is 11.8 Å². The first-order chi connectivity index (χ1) is 9.00. The third kappa shape index (κ3) is 3.78. The first-order valence-electron chi connectivity index (χ1n) is 6.33. The van der Waals surface area contributed by atoms with Crippen molar-refractivity contribution >= 4 is 17.6 Å². The van der Waals surface area contributed by atoms with Crippen molar-refractivity contribution in [3.8, 4) is 0 Å². The molecule has 2 unspecified atom stereocenters. The Morgan fingerprint density at radius 1 is 1.32 bits per heavy atom. The average Bonchev–Trinajstić information content (AvgIpc) is 2.39. The quantitative estimate of drug-likeness (QED) is 0.903. The van der Waals surface area contributed by atoms with Gasteiger partial charge in [-0.05, 0) is 31.2 Å². The van der Waals surface area contributed by atoms with Crippen molar-refractivity contribution in [2.24, 2.45) is 0 Å². The van der Waals surface area contributed by atoms with Gasteiger partial charge in [0.2, 0.25) is 0 Å². The monoisotopic (exact) mass is 290 g/mol. The molecule has 6 heteroatoms. The highest BCUT2D eigenvalue weighted by Crippen LogP contribution is 2.32. The first-order valence-corrected chi connectivity index (χ1v) is 7.62. The molecule has 1 aromatic rings. The molecule has 1 N–H and O–H groups in total. The summed E-state index contributed by atoms with van der Waals surface area (Å²) in [4.78, 5) is 4.00. The van der Waals surface area contributed by atoms with Crippen molar-refractivity contribution in [1.29, 1.82) is 0 Å². The molecule has 0 aliphatic heterocycles. The van der Waals surface area contributed by atoms with Crippen molar-refractivity contribution in [2.75, 3.05) is 11.6 Å². The summed E-state index contributed by atoms with van der Waals surface area (Å²) in [6, 6.07) is 2.30. The van der Waals surface area contributed by atoms with Gasteiger partial charge in [0.15, 0.2) is 0 Å². The minimum Gasteiger partial charge on any atom is -0.366 e. The summed E-state index contributed by atoms with van der Waals surface area (Å²) in [7, 11) is 0. The predicted molar refractivity (Wildman–Crippen MR) is 72.4 cm³/mol. The van der Waals surface area contributed by atoms with E-state index in [1.165, 1.54) is 12.6 Å². The van der Waals surface area contributed by atoms with Crippen LogP contribution in [0.3, 0.4) is 0 Å². The summed E-state index contributed by atoms with van der Waals surface area (Å²) < 4.78 is 37.9. The Balaban J connectivity index is 2.10. The number of thioether (sulfide) groups is 1. The molecule has 0 saturated heterocycles. The van der Waals surface area contributed by atoms with Crippen LogP contribution in [0, 0.1) is 0 Å². The maximum Gasteiger partial charge on any atom is 0.416 e. The molecule has 2 atom stereocenters. The number of alkyl halides is 3. The molecule has 0 radical (unpaired) electrons. The molecule has 0 aromatic carbocycles. The number of hydrogen-bond acceptors (Lipinski definition) is 3. The van der Waals surface area contributed by atoms with Crippen molar-refractivity contribution < 1.29 is 13.2 Å². The van der Waals surface area contributed by atoms with Gasteiger partial charge in [-0.3, -0.25) is 0 Å². The molecular weight excluding hydrogens is 273 g/mol. The molecule has 2 nitrogen and oxygen atoms in total. The van der Waals surface area contributed by atoms with Crippen LogP contribution in [0.2, 0.25) is 0 Å². The lowest BCUT2D eigenvalue weighted by Gasteiger charge is -2.31. The number of aromatic nitrogens is 1. The van der Waals surface area contributed by atoms with Crippen molar-refractivity contribution in [3.05, 3.63) is 23.9 Å². The van der Waals surface area contributed by atoms with Gasteiger partial charge in [0.25, 0.3) is 0 Å². The summed E-state index contributed by atoms with van der Waals surface area (Å²) >= 11 is 1.77. The van der Waals surface area contributed by atoms with E-state index in [0.29, 0.717) is 11.1 Å². The zero-order valence-electron chi connectivity index (χ0n) is 10.7. The molecule has 1 aromatic heterocycles. The number of halogens is 3. The maximum atomic E-state index is 12.6. The van der Waals surface area contributed by atoms with Crippen LogP contribution in [-0.2, 0) is 6.18 Å². The van der Waals surface area contributed by atoms with Gasteiger partial charge in [0, 0.05) is 17.5 Å². The van der Waals surface area contributed by atoms with E-state index in [4.69, 9.17) is 0 Å². The Morgan fingerprint density at radius 3 is 2.74 bits per heavy atom. The van der Waals surface area contributed by atoms with E-state index in [9.17, 15) is 13.2 Å². The van der Waals surface area contributed by atoms with Gasteiger partial charge in [0.1, 0.15) is 5.82 Å². The summed E-state index contributed by atoms with van der Waals surface area (Å²) in [5.74, 6) is 0.320. The third-order valence-electron chi connectivity index (χ3n) is 3.43. The smallest absolute Gasteiger partial charge is 0.366 e. The van der Waals surface area contributed by atoms with Crippen LogP contribution >= 0.6 is 11.8 Å². The summed E-state index contributed by atoms with van der Waals surface area (Å²) in [5, 5.41) is 3.61. The number of hydrogen-bond donors (Lipinski definition) is 1. The van der Waals surface area contributed by atoms with E-state index in [2.05, 4.69) is 10.3 Å². The van der Waals surface area contributed by atoms with Gasteiger partial charge in [-0.15, -0.1) is 0 Å². The van der Waals surface area contributed by atoms with Gasteiger partial charge >= 0.3 is 6.18 Å². The minimum absolute atomic E-state index is 0.208. The molecule has 1 heterocycles. The van der Waals surface area contributed by atoms with Crippen LogP contribution in [0.1, 0.15) is 31.2 Å². The first kappa shape index (κ1) is 14.5. The summed E-state index contributed by atoms with van der Waals surface area (Å²) in [6.07, 6.45) is 3.35. The number of nitrogens with one attached hydrogen (secondary N) is 1. The van der Waals surface area contributed by atoms with E-state index in [0.717, 1.165) is 31.4 Å². The molecule has 0 spiro atoms. The second kappa shape index (κ2) is 6.03. The lowest BCUT2D eigenvalue weighted by Crippen LogP contribution is -2.34. The summed E-state index contributed by atoms with van der Waals surface area (Å²) in [6.45, 7) is 0. The van der Waals surface area contributed by atoms with E-state index in [-0.39, 0.29) is 6.04 Å². The highest BCUT2D eigenvalue weighted by Gasteiger charge is 2.31. The van der Waals surface area contributed by atoms with Crippen LogP contribution in [0.15, 0.2) is 18.3 Å². The fraction of sp³-hybridized carbons (Fsp3) is 0.615. The molecule has 1 aliphatic rings. The Labute approximate surface area is 115 Å². The molecule has 0 bridgehead atoms. The Morgan fingerprint density at radius 2 is 2.05 bits per heavy atom. The molecule has 1 aliphatic carbocycles. The molecule has 1 fully saturated rings. The van der Waals surface area contributed by atoms with Crippen molar-refractivity contribution in [2.45, 2.75) is 43.2 Å². The number of anilines is 1. The Bertz CT molecular complexity index is 423. The van der Waals surface area contributed by atoms with Gasteiger partial charge in [-0.25, -0.2) is 4.98 Å². The fourth-order valence-electron chi connectivity index (χ4n) is 2.42. The molecular formula is C13H17F3N2S. The highest BCUT2D eigenvalue weighted by atomic mass is 32.2. The summed E-state index contributed by atoms with van der Waals surface area (Å²) in [5.41, 5.74) is -0.651. The average molecular weight is 290 g/mol. The largest absolute Gasteiger partial charge is 0.416 e. The van der Waals surface area contributed by atoms with Gasteiger partial charge in [-0.2, -0.15) is 24.9 Å². The van der Waals surface area contributed by atoms with Crippen LogP contribution < -0.4 is 5.32 Å². The van der Waals surface area contributed by atoms with Crippen LogP contribution in [0.25, 0.3) is 0 Å². The van der Waals surface area contributed by atoms with Crippen LogP contribution in [0.4, 0.5) is 19.0 Å². The van der Waals surface area contributed by atoms with E-state index < -0.39 is 11.7 Å². The zero-order chi connectivity index (χ0) is 13.9. The Hall–Kier alpha value is -0.910. The number of nitrogens with zero attached hydrogens (tertiary/aromatic N) is 1. The topological polar surface area (TPSA) is 24.9 Å². The number of pyridine rings is 1. The molecule has 106 valence electrons. The molecule has 19 heavy (non-hydrogen) atoms. The van der Waals surface area contributed by atoms with Crippen LogP contribution in [0.5, 0.6) is 0 Å². The zero-order valence-corrected chi connectivity index (χ0v) is 11.5. The van der Waals surface area contributed by atoms with Gasteiger partial charge < -0.3 is 5.32 Å². The molecule has 1 saturated carbocycles. The SMILES string of the molecule is CSC1CCCCC1Nc1cc(C(F)(F)F)ccn1. The standard InChI is InChI=1S/C13H17F3N2S/c1-19-11-5-3-2-4-10(11)18-12-8-9(6-7-17-12)13(14,15)16/h6-8,10-11H,2-5H2,1H3,(H,17,18). The second-order valence-electron chi connectivity index (χ2n) is 4.74. The van der Waals surface area contributed by atoms with Gasteiger partial charge in [-0.1, -0.05) is 12.8 Å². The van der Waals surface area contributed by atoms with Crippen molar-refractivity contribution in [1.82, 2.24) is 4.98 Å². The maximum absolute atomic E-state index is 12.6. The second-order valence-corrected chi connectivity index (χ2v) is 5.81.